The first-order valence-corrected chi connectivity index (χ1v) is 7.46. The van der Waals surface area contributed by atoms with Crippen LogP contribution in [0.4, 0.5) is 10.1 Å². The second kappa shape index (κ2) is 4.90. The van der Waals surface area contributed by atoms with Gasteiger partial charge in [-0.25, -0.2) is 17.5 Å². The van der Waals surface area contributed by atoms with Crippen molar-refractivity contribution in [2.45, 2.75) is 23.8 Å². The Labute approximate surface area is 115 Å². The third-order valence-corrected chi connectivity index (χ3v) is 4.82. The lowest BCUT2D eigenvalue weighted by Gasteiger charge is -2.23. The van der Waals surface area contributed by atoms with Crippen LogP contribution in [0.3, 0.4) is 0 Å². The molecule has 1 atom stereocenters. The van der Waals surface area contributed by atoms with Crippen LogP contribution < -0.4 is 10.5 Å². The van der Waals surface area contributed by atoms with Gasteiger partial charge in [-0.1, -0.05) is 11.6 Å². The van der Waals surface area contributed by atoms with Crippen LogP contribution in [-0.2, 0) is 14.8 Å². The van der Waals surface area contributed by atoms with Crippen molar-refractivity contribution in [3.05, 3.63) is 23.0 Å². The lowest BCUT2D eigenvalue weighted by molar-refractivity contribution is 0.178. The van der Waals surface area contributed by atoms with Crippen LogP contribution in [0.25, 0.3) is 0 Å². The van der Waals surface area contributed by atoms with Crippen molar-refractivity contribution < 1.29 is 17.5 Å². The average molecular weight is 309 g/mol. The number of anilines is 1. The van der Waals surface area contributed by atoms with E-state index in [4.69, 9.17) is 22.1 Å². The fourth-order valence-electron chi connectivity index (χ4n) is 1.91. The van der Waals surface area contributed by atoms with Gasteiger partial charge < -0.3 is 10.5 Å². The molecule has 1 heterocycles. The van der Waals surface area contributed by atoms with Crippen molar-refractivity contribution in [3.63, 3.8) is 0 Å². The van der Waals surface area contributed by atoms with E-state index in [1.165, 1.54) is 0 Å². The second-order valence-corrected chi connectivity index (χ2v) is 6.84. The highest BCUT2D eigenvalue weighted by atomic mass is 35.5. The number of nitrogens with two attached hydrogens (primary N) is 1. The molecule has 2 rings (SSSR count). The molecular weight excluding hydrogens is 295 g/mol. The molecule has 0 spiro atoms. The minimum absolute atomic E-state index is 0.0830. The van der Waals surface area contributed by atoms with Gasteiger partial charge in [-0.2, -0.15) is 0 Å². The number of sulfonamides is 1. The Morgan fingerprint density at radius 3 is 2.79 bits per heavy atom. The summed E-state index contributed by atoms with van der Waals surface area (Å²) in [6, 6.07) is 2.21. The molecule has 0 aromatic heterocycles. The van der Waals surface area contributed by atoms with Gasteiger partial charge in [0.1, 0.15) is 4.90 Å². The minimum Gasteiger partial charge on any atom is -0.399 e. The smallest absolute Gasteiger partial charge is 0.244 e. The number of nitrogens with one attached hydrogen (secondary N) is 1. The van der Waals surface area contributed by atoms with Crippen molar-refractivity contribution in [2.24, 2.45) is 0 Å². The Kier molecular flexibility index (Phi) is 3.74. The molecule has 8 heteroatoms. The van der Waals surface area contributed by atoms with Crippen molar-refractivity contribution >= 4 is 27.3 Å². The van der Waals surface area contributed by atoms with Crippen LogP contribution in [0.1, 0.15) is 13.3 Å². The van der Waals surface area contributed by atoms with E-state index in [1.807, 2.05) is 0 Å². The normalized spacial score (nSPS) is 23.7. The molecule has 1 saturated heterocycles. The number of nitrogen functional groups attached to an aromatic ring is 1. The Balaban J connectivity index is 2.40. The van der Waals surface area contributed by atoms with Gasteiger partial charge in [0.15, 0.2) is 5.82 Å². The first kappa shape index (κ1) is 14.5. The van der Waals surface area contributed by atoms with E-state index in [-0.39, 0.29) is 17.3 Å². The molecule has 3 N–H and O–H groups in total. The first-order chi connectivity index (χ1) is 8.73. The molecule has 1 aliphatic heterocycles. The van der Waals surface area contributed by atoms with E-state index in [0.717, 1.165) is 12.1 Å². The number of ether oxygens (including phenoxy) is 1. The van der Waals surface area contributed by atoms with Crippen molar-refractivity contribution in [3.8, 4) is 0 Å². The van der Waals surface area contributed by atoms with Gasteiger partial charge in [0, 0.05) is 12.3 Å². The van der Waals surface area contributed by atoms with Crippen molar-refractivity contribution in [2.75, 3.05) is 18.9 Å². The van der Waals surface area contributed by atoms with Gasteiger partial charge in [-0.15, -0.1) is 0 Å². The Hall–Kier alpha value is -0.890. The zero-order chi connectivity index (χ0) is 14.3. The summed E-state index contributed by atoms with van der Waals surface area (Å²) in [4.78, 5) is -0.550. The molecular formula is C11H14ClFN2O3S. The average Bonchev–Trinajstić information content (AvgIpc) is 2.68. The van der Waals surface area contributed by atoms with Crippen LogP contribution >= 0.6 is 11.6 Å². The fraction of sp³-hybridized carbons (Fsp3) is 0.455. The molecule has 0 radical (unpaired) electrons. The maximum absolute atomic E-state index is 13.8. The summed E-state index contributed by atoms with van der Waals surface area (Å²) in [5, 5.41) is -0.326. The summed E-state index contributed by atoms with van der Waals surface area (Å²) in [6.45, 7) is 2.40. The van der Waals surface area contributed by atoms with E-state index >= 15 is 0 Å². The third-order valence-electron chi connectivity index (χ3n) is 2.91. The molecule has 0 saturated carbocycles. The minimum atomic E-state index is -4.05. The highest BCUT2D eigenvalue weighted by molar-refractivity contribution is 7.89. The first-order valence-electron chi connectivity index (χ1n) is 5.60. The highest BCUT2D eigenvalue weighted by Crippen LogP contribution is 2.28. The van der Waals surface area contributed by atoms with Crippen LogP contribution in [-0.4, -0.2) is 27.2 Å². The second-order valence-electron chi connectivity index (χ2n) is 4.78. The summed E-state index contributed by atoms with van der Waals surface area (Å²) in [5.74, 6) is -1.01. The zero-order valence-corrected chi connectivity index (χ0v) is 11.8. The van der Waals surface area contributed by atoms with Crippen molar-refractivity contribution in [1.29, 1.82) is 0 Å². The maximum atomic E-state index is 13.8. The van der Waals surface area contributed by atoms with Gasteiger partial charge in [0.25, 0.3) is 0 Å². The predicted octanol–water partition coefficient (Wildman–Crippen LogP) is 1.52. The Bertz CT molecular complexity index is 600. The molecule has 19 heavy (non-hydrogen) atoms. The summed E-state index contributed by atoms with van der Waals surface area (Å²) in [7, 11) is -4.05. The van der Waals surface area contributed by atoms with Crippen LogP contribution in [0.5, 0.6) is 0 Å². The van der Waals surface area contributed by atoms with Crippen LogP contribution in [0, 0.1) is 5.82 Å². The number of halogens is 2. The van der Waals surface area contributed by atoms with Crippen LogP contribution in [0.2, 0.25) is 5.02 Å². The molecule has 1 aromatic carbocycles. The van der Waals surface area contributed by atoms with E-state index < -0.39 is 26.3 Å². The highest BCUT2D eigenvalue weighted by Gasteiger charge is 2.36. The summed E-state index contributed by atoms with van der Waals surface area (Å²) < 4.78 is 45.8. The molecule has 5 nitrogen and oxygen atoms in total. The Morgan fingerprint density at radius 1 is 1.53 bits per heavy atom. The molecule has 1 fully saturated rings. The summed E-state index contributed by atoms with van der Waals surface area (Å²) >= 11 is 5.60. The van der Waals surface area contributed by atoms with Gasteiger partial charge in [-0.05, 0) is 25.5 Å². The van der Waals surface area contributed by atoms with E-state index in [1.54, 1.807) is 6.92 Å². The molecule has 0 aliphatic carbocycles. The van der Waals surface area contributed by atoms with Gasteiger partial charge in [-0.3, -0.25) is 0 Å². The Morgan fingerprint density at radius 2 is 2.21 bits per heavy atom. The summed E-state index contributed by atoms with van der Waals surface area (Å²) in [5.41, 5.74) is 4.83. The number of rotatable bonds is 3. The maximum Gasteiger partial charge on any atom is 0.244 e. The fourth-order valence-corrected chi connectivity index (χ4v) is 3.75. The molecule has 0 bridgehead atoms. The van der Waals surface area contributed by atoms with Gasteiger partial charge in [0.2, 0.25) is 10.0 Å². The molecule has 1 aliphatic rings. The topological polar surface area (TPSA) is 81.4 Å². The monoisotopic (exact) mass is 308 g/mol. The number of hydrogen-bond donors (Lipinski definition) is 2. The predicted molar refractivity (Wildman–Crippen MR) is 70.0 cm³/mol. The van der Waals surface area contributed by atoms with Crippen LogP contribution in [0.15, 0.2) is 17.0 Å². The number of benzene rings is 1. The molecule has 106 valence electrons. The SMILES string of the molecule is CC1(NS(=O)(=O)c2cc(N)cc(Cl)c2F)CCOC1. The number of hydrogen-bond acceptors (Lipinski definition) is 4. The summed E-state index contributed by atoms with van der Waals surface area (Å²) in [6.07, 6.45) is 0.518. The lowest BCUT2D eigenvalue weighted by Crippen LogP contribution is -2.46. The standard InChI is InChI=1S/C11H14ClFN2O3S/c1-11(2-3-18-6-11)15-19(16,17)9-5-7(14)4-8(12)10(9)13/h4-5,15H,2-3,6,14H2,1H3. The largest absolute Gasteiger partial charge is 0.399 e. The van der Waals surface area contributed by atoms with Crippen molar-refractivity contribution in [1.82, 2.24) is 4.72 Å². The molecule has 1 aromatic rings. The molecule has 1 unspecified atom stereocenters. The van der Waals surface area contributed by atoms with E-state index in [2.05, 4.69) is 4.72 Å². The lowest BCUT2D eigenvalue weighted by atomic mass is 10.0. The quantitative estimate of drug-likeness (QED) is 0.830. The van der Waals surface area contributed by atoms with E-state index in [0.29, 0.717) is 13.0 Å². The molecule has 0 amide bonds. The van der Waals surface area contributed by atoms with Gasteiger partial charge >= 0.3 is 0 Å². The van der Waals surface area contributed by atoms with E-state index in [9.17, 15) is 12.8 Å². The zero-order valence-electron chi connectivity index (χ0n) is 10.2. The third kappa shape index (κ3) is 3.00. The van der Waals surface area contributed by atoms with Gasteiger partial charge in [0.05, 0.1) is 17.2 Å².